The molecule has 0 atom stereocenters. The van der Waals surface area contributed by atoms with Crippen LogP contribution in [0.1, 0.15) is 52.9 Å². The number of carbonyl (C=O) groups is 1. The Morgan fingerprint density at radius 2 is 1.86 bits per heavy atom. The van der Waals surface area contributed by atoms with Gasteiger partial charge in [0.1, 0.15) is 22.1 Å². The van der Waals surface area contributed by atoms with Gasteiger partial charge in [-0.15, -0.1) is 0 Å². The first-order valence-corrected chi connectivity index (χ1v) is 12.0. The molecule has 0 aliphatic carbocycles. The van der Waals surface area contributed by atoms with Gasteiger partial charge in [0.15, 0.2) is 9.84 Å². The van der Waals surface area contributed by atoms with Crippen molar-refractivity contribution in [2.24, 2.45) is 5.92 Å². The number of hydrogen-bond acceptors (Lipinski definition) is 5. The molecule has 0 bridgehead atoms. The zero-order valence-corrected chi connectivity index (χ0v) is 18.6. The smallest absolute Gasteiger partial charge is 0.410 e. The van der Waals surface area contributed by atoms with Crippen molar-refractivity contribution in [3.8, 4) is 5.75 Å². The lowest BCUT2D eigenvalue weighted by atomic mass is 9.92. The number of piperidine rings is 1. The van der Waals surface area contributed by atoms with Crippen LogP contribution >= 0.6 is 0 Å². The van der Waals surface area contributed by atoms with E-state index in [0.29, 0.717) is 18.3 Å². The molecule has 1 fully saturated rings. The van der Waals surface area contributed by atoms with E-state index >= 15 is 0 Å². The van der Waals surface area contributed by atoms with E-state index in [1.807, 2.05) is 20.8 Å². The van der Waals surface area contributed by atoms with Gasteiger partial charge >= 0.3 is 6.09 Å². The lowest BCUT2D eigenvalue weighted by Crippen LogP contribution is -2.41. The normalized spacial score (nSPS) is 16.0. The summed E-state index contributed by atoms with van der Waals surface area (Å²) in [6, 6.07) is 3.83. The van der Waals surface area contributed by atoms with Crippen molar-refractivity contribution < 1.29 is 27.1 Å². The number of unbranched alkanes of at least 4 members (excludes halogenated alkanes) is 1. The lowest BCUT2D eigenvalue weighted by Gasteiger charge is -2.33. The van der Waals surface area contributed by atoms with Gasteiger partial charge in [-0.3, -0.25) is 0 Å². The maximum atomic E-state index is 13.8. The van der Waals surface area contributed by atoms with E-state index in [0.717, 1.165) is 57.5 Å². The first-order valence-electron chi connectivity index (χ1n) is 10.1. The summed E-state index contributed by atoms with van der Waals surface area (Å²) in [6.45, 7) is 7.51. The molecule has 2 rings (SSSR count). The highest BCUT2D eigenvalue weighted by Crippen LogP contribution is 2.24. The number of carbonyl (C=O) groups excluding carboxylic acids is 1. The third kappa shape index (κ3) is 7.84. The second-order valence-electron chi connectivity index (χ2n) is 8.62. The molecule has 0 spiro atoms. The highest BCUT2D eigenvalue weighted by atomic mass is 32.2. The Morgan fingerprint density at radius 3 is 2.41 bits per heavy atom. The van der Waals surface area contributed by atoms with Gasteiger partial charge < -0.3 is 14.4 Å². The molecule has 0 saturated carbocycles. The Kier molecular flexibility index (Phi) is 7.91. The van der Waals surface area contributed by atoms with Crippen LogP contribution < -0.4 is 4.74 Å². The number of amides is 1. The molecule has 1 aromatic rings. The third-order valence-electron chi connectivity index (χ3n) is 4.84. The summed E-state index contributed by atoms with van der Waals surface area (Å²) in [7, 11) is -3.57. The van der Waals surface area contributed by atoms with Crippen LogP contribution in [0, 0.1) is 11.7 Å². The monoisotopic (exact) mass is 429 g/mol. The van der Waals surface area contributed by atoms with Crippen molar-refractivity contribution in [2.45, 2.75) is 63.4 Å². The van der Waals surface area contributed by atoms with Crippen LogP contribution in [0.25, 0.3) is 0 Å². The summed E-state index contributed by atoms with van der Waals surface area (Å²) < 4.78 is 47.6. The molecule has 0 unspecified atom stereocenters. The summed E-state index contributed by atoms with van der Waals surface area (Å²) >= 11 is 0. The lowest BCUT2D eigenvalue weighted by molar-refractivity contribution is 0.0180. The number of likely N-dealkylation sites (tertiary alicyclic amines) is 1. The molecule has 0 N–H and O–H groups in total. The fraction of sp³-hybridized carbons (Fsp3) is 0.667. The number of sulfone groups is 1. The molecule has 0 radical (unpaired) electrons. The third-order valence-corrected chi connectivity index (χ3v) is 5.97. The molecule has 6 nitrogen and oxygen atoms in total. The van der Waals surface area contributed by atoms with Gasteiger partial charge in [0.25, 0.3) is 0 Å². The Balaban J connectivity index is 1.64. The summed E-state index contributed by atoms with van der Waals surface area (Å²) in [6.07, 6.45) is 5.56. The zero-order chi connectivity index (χ0) is 21.7. The van der Waals surface area contributed by atoms with E-state index in [1.54, 1.807) is 4.90 Å². The second-order valence-corrected chi connectivity index (χ2v) is 10.6. The van der Waals surface area contributed by atoms with Crippen molar-refractivity contribution in [2.75, 3.05) is 26.0 Å². The minimum absolute atomic E-state index is 0.238. The fourth-order valence-corrected chi connectivity index (χ4v) is 4.06. The Hall–Kier alpha value is -1.83. The topological polar surface area (TPSA) is 72.9 Å². The minimum atomic E-state index is -3.57. The van der Waals surface area contributed by atoms with Crippen LogP contribution in [0.5, 0.6) is 5.75 Å². The first-order chi connectivity index (χ1) is 13.5. The van der Waals surface area contributed by atoms with Crippen LogP contribution in [0.15, 0.2) is 23.1 Å². The minimum Gasteiger partial charge on any atom is -0.493 e. The number of ether oxygens (including phenoxy) is 2. The maximum Gasteiger partial charge on any atom is 0.410 e. The predicted molar refractivity (Wildman–Crippen MR) is 109 cm³/mol. The molecular weight excluding hydrogens is 397 g/mol. The molecule has 0 aromatic heterocycles. The van der Waals surface area contributed by atoms with E-state index in [4.69, 9.17) is 9.47 Å². The van der Waals surface area contributed by atoms with Gasteiger partial charge in [0.05, 0.1) is 6.61 Å². The van der Waals surface area contributed by atoms with E-state index in [9.17, 15) is 17.6 Å². The summed E-state index contributed by atoms with van der Waals surface area (Å²) in [5, 5.41) is 0. The SMILES string of the molecule is CC(C)(C)OC(=O)N1CCC(CCCCOc2ccc(S(C)(=O)=O)c(F)c2)CC1. The standard InChI is InChI=1S/C21H32FNO5S/c1-21(2,3)28-20(24)23-12-10-16(11-13-23)7-5-6-14-27-17-8-9-19(18(22)15-17)29(4,25)26/h8-9,15-16H,5-7,10-14H2,1-4H3. The zero-order valence-electron chi connectivity index (χ0n) is 17.7. The molecule has 29 heavy (non-hydrogen) atoms. The van der Waals surface area contributed by atoms with Gasteiger partial charge in [-0.25, -0.2) is 17.6 Å². The largest absolute Gasteiger partial charge is 0.493 e. The van der Waals surface area contributed by atoms with Crippen LogP contribution in [-0.4, -0.2) is 51.0 Å². The average molecular weight is 430 g/mol. The molecule has 1 aliphatic rings. The molecule has 164 valence electrons. The Labute approximate surface area is 173 Å². The van der Waals surface area contributed by atoms with E-state index in [-0.39, 0.29) is 11.0 Å². The van der Waals surface area contributed by atoms with E-state index in [1.165, 1.54) is 12.1 Å². The summed E-state index contributed by atoms with van der Waals surface area (Å²) in [4.78, 5) is 13.5. The molecule has 1 saturated heterocycles. The van der Waals surface area contributed by atoms with Crippen molar-refractivity contribution >= 4 is 15.9 Å². The van der Waals surface area contributed by atoms with Gasteiger partial charge in [0, 0.05) is 25.4 Å². The number of halogens is 1. The average Bonchev–Trinajstić information content (AvgIpc) is 2.59. The van der Waals surface area contributed by atoms with Crippen molar-refractivity contribution in [3.05, 3.63) is 24.0 Å². The van der Waals surface area contributed by atoms with Crippen LogP contribution in [0.4, 0.5) is 9.18 Å². The number of benzene rings is 1. The highest BCUT2D eigenvalue weighted by molar-refractivity contribution is 7.90. The first kappa shape index (κ1) is 23.4. The second kappa shape index (κ2) is 9.78. The number of hydrogen-bond donors (Lipinski definition) is 0. The molecule has 1 aliphatic heterocycles. The van der Waals surface area contributed by atoms with Gasteiger partial charge in [-0.1, -0.05) is 6.42 Å². The van der Waals surface area contributed by atoms with E-state index in [2.05, 4.69) is 0 Å². The molecule has 1 aromatic carbocycles. The number of nitrogens with zero attached hydrogens (tertiary/aromatic N) is 1. The Morgan fingerprint density at radius 1 is 1.21 bits per heavy atom. The number of rotatable bonds is 7. The van der Waals surface area contributed by atoms with Gasteiger partial charge in [0.2, 0.25) is 0 Å². The molecule has 1 heterocycles. The molecule has 1 amide bonds. The fourth-order valence-electron chi connectivity index (χ4n) is 3.33. The predicted octanol–water partition coefficient (Wildman–Crippen LogP) is 4.43. The van der Waals surface area contributed by atoms with Crippen molar-refractivity contribution in [1.82, 2.24) is 4.90 Å². The van der Waals surface area contributed by atoms with Gasteiger partial charge in [-0.05, 0) is 64.5 Å². The maximum absolute atomic E-state index is 13.8. The molecule has 8 heteroatoms. The summed E-state index contributed by atoms with van der Waals surface area (Å²) in [5.74, 6) is 0.127. The van der Waals surface area contributed by atoms with E-state index < -0.39 is 21.3 Å². The van der Waals surface area contributed by atoms with Crippen LogP contribution in [0.2, 0.25) is 0 Å². The van der Waals surface area contributed by atoms with Crippen molar-refractivity contribution in [3.63, 3.8) is 0 Å². The Bertz CT molecular complexity index is 796. The van der Waals surface area contributed by atoms with Gasteiger partial charge in [-0.2, -0.15) is 0 Å². The summed E-state index contributed by atoms with van der Waals surface area (Å²) in [5.41, 5.74) is -0.470. The molecular formula is C21H32FNO5S. The highest BCUT2D eigenvalue weighted by Gasteiger charge is 2.26. The quantitative estimate of drug-likeness (QED) is 0.600. The van der Waals surface area contributed by atoms with Crippen LogP contribution in [-0.2, 0) is 14.6 Å². The van der Waals surface area contributed by atoms with Crippen LogP contribution in [0.3, 0.4) is 0 Å². The van der Waals surface area contributed by atoms with Crippen molar-refractivity contribution in [1.29, 1.82) is 0 Å².